The Kier molecular flexibility index (Phi) is 4.91. The fraction of sp³-hybridized carbons (Fsp3) is 0.143. The van der Waals surface area contributed by atoms with Gasteiger partial charge >= 0.3 is 0 Å². The zero-order valence-electron chi connectivity index (χ0n) is 16.4. The van der Waals surface area contributed by atoms with Crippen LogP contribution in [-0.4, -0.2) is 44.5 Å². The Morgan fingerprint density at radius 1 is 1.03 bits per heavy atom. The van der Waals surface area contributed by atoms with Crippen molar-refractivity contribution >= 4 is 49.0 Å². The number of hydrogen-bond acceptors (Lipinski definition) is 5. The quantitative estimate of drug-likeness (QED) is 0.520. The molecule has 0 spiro atoms. The summed E-state index contributed by atoms with van der Waals surface area (Å²) in [5.41, 5.74) is 1.55. The number of methoxy groups -OCH3 is 1. The molecule has 1 N–H and O–H groups in total. The van der Waals surface area contributed by atoms with Gasteiger partial charge in [0.25, 0.3) is 5.91 Å². The molecule has 154 valence electrons. The largest absolute Gasteiger partial charge is 0.495 e. The van der Waals surface area contributed by atoms with Gasteiger partial charge in [0, 0.05) is 29.5 Å². The predicted molar refractivity (Wildman–Crippen MR) is 117 cm³/mol. The van der Waals surface area contributed by atoms with Crippen molar-refractivity contribution in [2.75, 3.05) is 20.4 Å². The molecule has 0 aliphatic rings. The van der Waals surface area contributed by atoms with E-state index in [9.17, 15) is 13.2 Å². The second-order valence-corrected chi connectivity index (χ2v) is 9.14. The van der Waals surface area contributed by atoms with E-state index in [-0.39, 0.29) is 16.5 Å². The minimum absolute atomic E-state index is 0.201. The monoisotopic (exact) mass is 443 g/mol. The van der Waals surface area contributed by atoms with Crippen LogP contribution in [-0.2, 0) is 9.84 Å². The number of hydrogen-bond donors (Lipinski definition) is 1. The highest BCUT2D eigenvalue weighted by molar-refractivity contribution is 7.90. The second kappa shape index (κ2) is 7.30. The van der Waals surface area contributed by atoms with Gasteiger partial charge in [-0.1, -0.05) is 17.7 Å². The summed E-state index contributed by atoms with van der Waals surface area (Å²) in [5.74, 6) is 0.212. The van der Waals surface area contributed by atoms with Gasteiger partial charge < -0.3 is 10.1 Å². The first-order chi connectivity index (χ1) is 14.3. The smallest absolute Gasteiger partial charge is 0.272 e. The Bertz CT molecular complexity index is 1410. The van der Waals surface area contributed by atoms with E-state index in [4.69, 9.17) is 16.3 Å². The summed E-state index contributed by atoms with van der Waals surface area (Å²) in [7, 11) is -0.247. The summed E-state index contributed by atoms with van der Waals surface area (Å²) >= 11 is 6.51. The van der Waals surface area contributed by atoms with Crippen molar-refractivity contribution in [3.63, 3.8) is 0 Å². The Balaban J connectivity index is 2.07. The number of rotatable bonds is 4. The first-order valence-electron chi connectivity index (χ1n) is 8.96. The van der Waals surface area contributed by atoms with Crippen molar-refractivity contribution in [3.8, 4) is 11.4 Å². The molecule has 1 amide bonds. The Morgan fingerprint density at radius 2 is 1.67 bits per heavy atom. The molecule has 0 unspecified atom stereocenters. The molecule has 0 radical (unpaired) electrons. The highest BCUT2D eigenvalue weighted by atomic mass is 35.5. The van der Waals surface area contributed by atoms with Gasteiger partial charge in [-0.05, 0) is 42.5 Å². The number of ether oxygens (including phenoxy) is 1. The van der Waals surface area contributed by atoms with E-state index in [0.29, 0.717) is 27.4 Å². The average Bonchev–Trinajstić information content (AvgIpc) is 3.13. The summed E-state index contributed by atoms with van der Waals surface area (Å²) in [4.78, 5) is 12.6. The van der Waals surface area contributed by atoms with Gasteiger partial charge in [-0.3, -0.25) is 4.79 Å². The van der Waals surface area contributed by atoms with Crippen LogP contribution in [0, 0.1) is 0 Å². The number of fused-ring (bicyclic) bond motifs is 3. The number of amides is 1. The lowest BCUT2D eigenvalue weighted by Gasteiger charge is -2.10. The van der Waals surface area contributed by atoms with Crippen molar-refractivity contribution in [3.05, 3.63) is 59.2 Å². The second-order valence-electron chi connectivity index (χ2n) is 6.74. The molecule has 0 saturated carbocycles. The molecule has 0 saturated heterocycles. The Labute approximate surface area is 178 Å². The molecule has 4 rings (SSSR count). The molecule has 30 heavy (non-hydrogen) atoms. The van der Waals surface area contributed by atoms with Crippen LogP contribution >= 0.6 is 11.6 Å². The molecule has 0 fully saturated rings. The summed E-state index contributed by atoms with van der Waals surface area (Å²) in [6.07, 6.45) is 1.15. The van der Waals surface area contributed by atoms with Crippen molar-refractivity contribution < 1.29 is 17.9 Å². The molecule has 0 bridgehead atoms. The maximum atomic E-state index is 12.4. The zero-order chi connectivity index (χ0) is 21.6. The maximum absolute atomic E-state index is 12.4. The standard InChI is InChI=1S/C21H18ClN3O4S/c1-23-21(26)19-16-9-8-14-15(10-11-17(29-2)18(14)22)20(16)25(24-19)12-4-6-13(7-5-12)30(3,27)28/h4-11H,1-3H3,(H,23,26). The molecule has 1 heterocycles. The molecule has 4 aromatic rings. The number of halogens is 1. The summed E-state index contributed by atoms with van der Waals surface area (Å²) in [5, 5.41) is 9.77. The SMILES string of the molecule is CNC(=O)c1nn(-c2ccc(S(C)(=O)=O)cc2)c2c1ccc1c(Cl)c(OC)ccc12. The van der Waals surface area contributed by atoms with Crippen LogP contribution in [0.25, 0.3) is 27.4 Å². The van der Waals surface area contributed by atoms with E-state index in [1.54, 1.807) is 36.1 Å². The van der Waals surface area contributed by atoms with Crippen molar-refractivity contribution in [1.82, 2.24) is 15.1 Å². The number of nitrogens with zero attached hydrogens (tertiary/aromatic N) is 2. The van der Waals surface area contributed by atoms with Crippen LogP contribution in [0.2, 0.25) is 5.02 Å². The van der Waals surface area contributed by atoms with Crippen LogP contribution in [0.5, 0.6) is 5.75 Å². The van der Waals surface area contributed by atoms with E-state index in [1.807, 2.05) is 12.1 Å². The number of benzene rings is 3. The van der Waals surface area contributed by atoms with Gasteiger partial charge in [0.1, 0.15) is 5.75 Å². The number of aromatic nitrogens is 2. The first kappa shape index (κ1) is 20.2. The Hall–Kier alpha value is -3.10. The van der Waals surface area contributed by atoms with Crippen LogP contribution in [0.1, 0.15) is 10.5 Å². The third-order valence-corrected chi connectivity index (χ3v) is 6.43. The molecule has 0 atom stereocenters. The lowest BCUT2D eigenvalue weighted by atomic mass is 10.0. The third-order valence-electron chi connectivity index (χ3n) is 4.91. The minimum atomic E-state index is -3.33. The van der Waals surface area contributed by atoms with Crippen molar-refractivity contribution in [1.29, 1.82) is 0 Å². The minimum Gasteiger partial charge on any atom is -0.495 e. The van der Waals surface area contributed by atoms with Gasteiger partial charge in [-0.15, -0.1) is 0 Å². The van der Waals surface area contributed by atoms with E-state index in [1.165, 1.54) is 19.2 Å². The van der Waals surface area contributed by atoms with Crippen molar-refractivity contribution in [2.24, 2.45) is 0 Å². The lowest BCUT2D eigenvalue weighted by molar-refractivity contribution is 0.0959. The normalized spacial score (nSPS) is 11.7. The van der Waals surface area contributed by atoms with E-state index < -0.39 is 9.84 Å². The molecule has 0 aliphatic heterocycles. The molecule has 1 aromatic heterocycles. The average molecular weight is 444 g/mol. The number of sulfone groups is 1. The maximum Gasteiger partial charge on any atom is 0.272 e. The highest BCUT2D eigenvalue weighted by Crippen LogP contribution is 2.37. The summed E-state index contributed by atoms with van der Waals surface area (Å²) in [6.45, 7) is 0. The highest BCUT2D eigenvalue weighted by Gasteiger charge is 2.21. The Morgan fingerprint density at radius 3 is 2.27 bits per heavy atom. The predicted octanol–water partition coefficient (Wildman–Crippen LogP) is 3.60. The number of carbonyl (C=O) groups excluding carboxylic acids is 1. The van der Waals surface area contributed by atoms with Gasteiger partial charge in [0.15, 0.2) is 15.5 Å². The topological polar surface area (TPSA) is 90.3 Å². The molecule has 7 nitrogen and oxygen atoms in total. The van der Waals surface area contributed by atoms with Crippen molar-refractivity contribution in [2.45, 2.75) is 4.90 Å². The molecule has 9 heteroatoms. The molecule has 3 aromatic carbocycles. The van der Waals surface area contributed by atoms with E-state index in [2.05, 4.69) is 10.4 Å². The number of carbonyl (C=O) groups is 1. The zero-order valence-corrected chi connectivity index (χ0v) is 18.0. The van der Waals surface area contributed by atoms with Gasteiger partial charge in [0.05, 0.1) is 28.2 Å². The molecular weight excluding hydrogens is 426 g/mol. The summed E-state index contributed by atoms with van der Waals surface area (Å²) in [6, 6.07) is 13.6. The first-order valence-corrected chi connectivity index (χ1v) is 11.2. The van der Waals surface area contributed by atoms with Crippen LogP contribution in [0.3, 0.4) is 0 Å². The van der Waals surface area contributed by atoms with Crippen LogP contribution < -0.4 is 10.1 Å². The fourth-order valence-corrected chi connectivity index (χ4v) is 4.36. The molecule has 0 aliphatic carbocycles. The van der Waals surface area contributed by atoms with Gasteiger partial charge in [0.2, 0.25) is 0 Å². The van der Waals surface area contributed by atoms with Crippen LogP contribution in [0.15, 0.2) is 53.4 Å². The van der Waals surface area contributed by atoms with E-state index in [0.717, 1.165) is 17.0 Å². The van der Waals surface area contributed by atoms with Crippen LogP contribution in [0.4, 0.5) is 0 Å². The van der Waals surface area contributed by atoms with Gasteiger partial charge in [-0.25, -0.2) is 13.1 Å². The third kappa shape index (κ3) is 3.18. The summed E-state index contributed by atoms with van der Waals surface area (Å²) < 4.78 is 30.5. The lowest BCUT2D eigenvalue weighted by Crippen LogP contribution is -2.18. The fourth-order valence-electron chi connectivity index (χ4n) is 3.42. The number of nitrogens with one attached hydrogen (secondary N) is 1. The van der Waals surface area contributed by atoms with E-state index >= 15 is 0 Å². The van der Waals surface area contributed by atoms with Gasteiger partial charge in [-0.2, -0.15) is 5.10 Å². The molecular formula is C21H18ClN3O4S.